The number of aliphatic hydroxyl groups is 1. The van der Waals surface area contributed by atoms with Crippen LogP contribution in [0.4, 0.5) is 0 Å². The fourth-order valence-corrected chi connectivity index (χ4v) is 6.77. The number of esters is 1. The van der Waals surface area contributed by atoms with E-state index >= 15 is 0 Å². The molecule has 0 aromatic heterocycles. The van der Waals surface area contributed by atoms with Gasteiger partial charge >= 0.3 is 11.9 Å². The molecule has 0 radical (unpaired) electrons. The Labute approximate surface area is 354 Å². The highest BCUT2D eigenvalue weighted by Gasteiger charge is 2.19. The number of hydrogen-bond donors (Lipinski definition) is 4. The first-order chi connectivity index (χ1) is 28.3. The number of aliphatic carboxylic acids is 1. The second-order valence-electron chi connectivity index (χ2n) is 15.8. The molecule has 9 heteroatoms. The lowest BCUT2D eigenvalue weighted by molar-refractivity contribution is -0.150. The highest BCUT2D eigenvalue weighted by atomic mass is 16.5. The monoisotopic (exact) mass is 815 g/mol. The number of aliphatic hydroxyl groups excluding tert-OH is 1. The smallest absolute Gasteiger partial charge is 0.328 e. The summed E-state index contributed by atoms with van der Waals surface area (Å²) in [6, 6.07) is -1.39. The van der Waals surface area contributed by atoms with Gasteiger partial charge in [-0.3, -0.25) is 14.4 Å². The number of carbonyl (C=O) groups excluding carboxylic acids is 3. The summed E-state index contributed by atoms with van der Waals surface area (Å²) in [5.74, 6) is -2.32. The molecule has 334 valence electrons. The molecule has 0 heterocycles. The number of carboxylic acid groups (broad SMARTS) is 1. The zero-order chi connectivity index (χ0) is 42.6. The van der Waals surface area contributed by atoms with E-state index in [1.807, 2.05) is 0 Å². The van der Waals surface area contributed by atoms with Crippen molar-refractivity contribution in [2.24, 2.45) is 0 Å². The molecule has 4 N–H and O–H groups in total. The van der Waals surface area contributed by atoms with E-state index in [9.17, 15) is 19.2 Å². The molecule has 0 spiro atoms. The van der Waals surface area contributed by atoms with Gasteiger partial charge in [-0.1, -0.05) is 172 Å². The fraction of sp³-hybridized carbons (Fsp3) is 0.755. The molecule has 2 amide bonds. The Morgan fingerprint density at radius 1 is 0.534 bits per heavy atom. The summed E-state index contributed by atoms with van der Waals surface area (Å²) in [6.07, 6.45) is 51.4. The normalized spacial score (nSPS) is 12.9. The van der Waals surface area contributed by atoms with Gasteiger partial charge in [0, 0.05) is 12.8 Å². The van der Waals surface area contributed by atoms with Crippen LogP contribution in [-0.4, -0.2) is 59.3 Å². The van der Waals surface area contributed by atoms with Crippen LogP contribution in [0.25, 0.3) is 0 Å². The van der Waals surface area contributed by atoms with Crippen LogP contribution in [0, 0.1) is 0 Å². The molecule has 0 aromatic rings. The first kappa shape index (κ1) is 54.8. The van der Waals surface area contributed by atoms with Crippen LogP contribution in [0.15, 0.2) is 48.6 Å². The molecule has 0 aliphatic rings. The molecule has 0 aliphatic heterocycles. The van der Waals surface area contributed by atoms with E-state index in [1.54, 1.807) is 0 Å². The average Bonchev–Trinajstić information content (AvgIpc) is 3.21. The van der Waals surface area contributed by atoms with Gasteiger partial charge < -0.3 is 25.6 Å². The highest BCUT2D eigenvalue weighted by molar-refractivity contribution is 5.87. The Morgan fingerprint density at radius 2 is 0.983 bits per heavy atom. The minimum absolute atomic E-state index is 0.0512. The lowest BCUT2D eigenvalue weighted by Gasteiger charge is -2.18. The Kier molecular flexibility index (Phi) is 41.0. The van der Waals surface area contributed by atoms with Gasteiger partial charge in [-0.05, 0) is 77.0 Å². The van der Waals surface area contributed by atoms with Crippen molar-refractivity contribution in [3.8, 4) is 0 Å². The minimum Gasteiger partial charge on any atom is -0.480 e. The molecule has 0 bridgehead atoms. The Hall–Kier alpha value is -3.20. The average molecular weight is 815 g/mol. The molecule has 0 saturated carbocycles. The van der Waals surface area contributed by atoms with Gasteiger partial charge in [-0.15, -0.1) is 0 Å². The van der Waals surface area contributed by atoms with Gasteiger partial charge in [0.2, 0.25) is 11.8 Å². The number of hydrogen-bond acceptors (Lipinski definition) is 6. The van der Waals surface area contributed by atoms with Crippen molar-refractivity contribution < 1.29 is 34.1 Å². The molecule has 0 saturated heterocycles. The predicted octanol–water partition coefficient (Wildman–Crippen LogP) is 11.9. The lowest BCUT2D eigenvalue weighted by atomic mass is 10.0. The molecule has 2 atom stereocenters. The van der Waals surface area contributed by atoms with E-state index in [-0.39, 0.29) is 30.9 Å². The van der Waals surface area contributed by atoms with Crippen molar-refractivity contribution in [2.75, 3.05) is 13.2 Å². The van der Waals surface area contributed by atoms with Gasteiger partial charge in [0.15, 0.2) is 0 Å². The standard InChI is InChI=1S/C49H86N2O7/c1-3-5-7-9-11-13-15-17-19-21-23-25-27-30-34-38-44(39-35-31-29-32-36-40-46(53)50-42-47(54)51-45(43-52)49(56)57)58-48(55)41-37-33-28-26-24-22-20-18-16-14-12-10-8-6-4-2/h5,7,11,13,17,19,23,25,44-45,52H,3-4,6,8-10,12,14-16,18,20-22,24,26-43H2,1-2H3,(H,50,53)(H,51,54)(H,56,57)/b7-5-,13-11-,19-17-,25-23-. The second-order valence-corrected chi connectivity index (χ2v) is 15.8. The summed E-state index contributed by atoms with van der Waals surface area (Å²) in [6.45, 7) is 3.37. The number of unbranched alkanes of at least 4 members (excludes halogenated alkanes) is 20. The Bertz CT molecular complexity index is 1120. The van der Waals surface area contributed by atoms with Crippen molar-refractivity contribution >= 4 is 23.8 Å². The quantitative estimate of drug-likeness (QED) is 0.0273. The number of carbonyl (C=O) groups is 4. The van der Waals surface area contributed by atoms with Crippen LogP contribution in [0.5, 0.6) is 0 Å². The van der Waals surface area contributed by atoms with E-state index in [0.717, 1.165) is 96.3 Å². The summed E-state index contributed by atoms with van der Waals surface area (Å²) in [5.41, 5.74) is 0. The van der Waals surface area contributed by atoms with Crippen LogP contribution < -0.4 is 10.6 Å². The highest BCUT2D eigenvalue weighted by Crippen LogP contribution is 2.18. The maximum atomic E-state index is 12.8. The van der Waals surface area contributed by atoms with Crippen LogP contribution in [0.2, 0.25) is 0 Å². The fourth-order valence-electron chi connectivity index (χ4n) is 6.77. The van der Waals surface area contributed by atoms with Crippen LogP contribution in [-0.2, 0) is 23.9 Å². The number of amides is 2. The van der Waals surface area contributed by atoms with Crippen molar-refractivity contribution in [3.05, 3.63) is 48.6 Å². The van der Waals surface area contributed by atoms with Gasteiger partial charge in [-0.2, -0.15) is 0 Å². The molecular formula is C49H86N2O7. The summed E-state index contributed by atoms with van der Waals surface area (Å²) in [7, 11) is 0. The van der Waals surface area contributed by atoms with E-state index in [0.29, 0.717) is 12.8 Å². The summed E-state index contributed by atoms with van der Waals surface area (Å²) in [4.78, 5) is 47.7. The maximum absolute atomic E-state index is 12.8. The number of rotatable bonds is 42. The molecule has 0 rings (SSSR count). The third-order valence-corrected chi connectivity index (χ3v) is 10.3. The summed E-state index contributed by atoms with van der Waals surface area (Å²) >= 11 is 0. The van der Waals surface area contributed by atoms with E-state index in [4.69, 9.17) is 14.9 Å². The molecule has 0 aromatic carbocycles. The lowest BCUT2D eigenvalue weighted by Crippen LogP contribution is -2.47. The number of ether oxygens (including phenoxy) is 1. The molecule has 2 unspecified atom stereocenters. The zero-order valence-corrected chi connectivity index (χ0v) is 37.0. The zero-order valence-electron chi connectivity index (χ0n) is 37.0. The molecular weight excluding hydrogens is 729 g/mol. The van der Waals surface area contributed by atoms with Crippen LogP contribution >= 0.6 is 0 Å². The van der Waals surface area contributed by atoms with E-state index in [1.165, 1.54) is 83.5 Å². The van der Waals surface area contributed by atoms with E-state index < -0.39 is 24.5 Å². The minimum atomic E-state index is -1.39. The number of nitrogens with one attached hydrogen (secondary N) is 2. The van der Waals surface area contributed by atoms with Crippen LogP contribution in [0.1, 0.15) is 213 Å². The van der Waals surface area contributed by atoms with Crippen molar-refractivity contribution in [1.82, 2.24) is 10.6 Å². The third-order valence-electron chi connectivity index (χ3n) is 10.3. The second kappa shape index (κ2) is 43.4. The van der Waals surface area contributed by atoms with E-state index in [2.05, 4.69) is 73.1 Å². The number of allylic oxidation sites excluding steroid dienone is 8. The summed E-state index contributed by atoms with van der Waals surface area (Å²) in [5, 5.41) is 22.6. The van der Waals surface area contributed by atoms with Gasteiger partial charge in [0.05, 0.1) is 13.2 Å². The van der Waals surface area contributed by atoms with Gasteiger partial charge in [0.25, 0.3) is 0 Å². The SMILES string of the molecule is CC/C=C\C/C=C\C/C=C\C/C=C\CCCCC(CCCCCCCC(=O)NCC(=O)NC(CO)C(=O)O)OC(=O)CCCCCCCCCCCCCCCCC. The van der Waals surface area contributed by atoms with Crippen molar-refractivity contribution in [3.63, 3.8) is 0 Å². The summed E-state index contributed by atoms with van der Waals surface area (Å²) < 4.78 is 6.03. The topological polar surface area (TPSA) is 142 Å². The maximum Gasteiger partial charge on any atom is 0.328 e. The van der Waals surface area contributed by atoms with Gasteiger partial charge in [0.1, 0.15) is 12.1 Å². The predicted molar refractivity (Wildman–Crippen MR) is 241 cm³/mol. The third kappa shape index (κ3) is 39.6. The largest absolute Gasteiger partial charge is 0.480 e. The van der Waals surface area contributed by atoms with Crippen LogP contribution in [0.3, 0.4) is 0 Å². The molecule has 0 aliphatic carbocycles. The Morgan fingerprint density at radius 3 is 1.48 bits per heavy atom. The Balaban J connectivity index is 4.40. The van der Waals surface area contributed by atoms with Gasteiger partial charge in [-0.25, -0.2) is 4.79 Å². The molecule has 9 nitrogen and oxygen atoms in total. The van der Waals surface area contributed by atoms with Crippen molar-refractivity contribution in [1.29, 1.82) is 0 Å². The first-order valence-electron chi connectivity index (χ1n) is 23.5. The van der Waals surface area contributed by atoms with Crippen molar-refractivity contribution in [2.45, 2.75) is 225 Å². The number of carboxylic acids is 1. The first-order valence-corrected chi connectivity index (χ1v) is 23.5. The molecule has 0 fully saturated rings. The molecule has 58 heavy (non-hydrogen) atoms.